The van der Waals surface area contributed by atoms with Gasteiger partial charge in [0, 0.05) is 0 Å². The summed E-state index contributed by atoms with van der Waals surface area (Å²) in [5.74, 6) is 0.370. The number of H-pyrrole nitrogens is 1. The van der Waals surface area contributed by atoms with Crippen molar-refractivity contribution in [2.75, 3.05) is 6.61 Å². The van der Waals surface area contributed by atoms with Crippen LogP contribution < -0.4 is 10.3 Å². The van der Waals surface area contributed by atoms with Crippen molar-refractivity contribution in [3.05, 3.63) is 69.8 Å². The number of hydrogen-bond donors (Lipinski definition) is 1. The predicted molar refractivity (Wildman–Crippen MR) is 98.3 cm³/mol. The molecule has 26 heavy (non-hydrogen) atoms. The number of aromatic amines is 1. The van der Waals surface area contributed by atoms with Crippen molar-refractivity contribution in [3.63, 3.8) is 0 Å². The maximum atomic E-state index is 12.1. The first kappa shape index (κ1) is 17.7. The van der Waals surface area contributed by atoms with E-state index in [-0.39, 0.29) is 12.2 Å². The molecule has 0 radical (unpaired) electrons. The average Bonchev–Trinajstić information content (AvgIpc) is 2.62. The van der Waals surface area contributed by atoms with Crippen LogP contribution >= 0.6 is 0 Å². The number of ether oxygens (including phenoxy) is 2. The Morgan fingerprint density at radius 1 is 1.15 bits per heavy atom. The number of fused-ring (bicyclic) bond motifs is 1. The number of nitrogens with one attached hydrogen (secondary N) is 1. The zero-order chi connectivity index (χ0) is 18.7. The van der Waals surface area contributed by atoms with Gasteiger partial charge in [0.05, 0.1) is 10.9 Å². The molecule has 0 aliphatic carbocycles. The Balaban J connectivity index is 1.65. The number of benzene rings is 2. The second kappa shape index (κ2) is 7.39. The Hall–Kier alpha value is -3.15. The lowest BCUT2D eigenvalue weighted by atomic mass is 10.1. The van der Waals surface area contributed by atoms with Gasteiger partial charge in [0.2, 0.25) is 0 Å². The van der Waals surface area contributed by atoms with Gasteiger partial charge in [0.25, 0.3) is 5.56 Å². The van der Waals surface area contributed by atoms with Crippen molar-refractivity contribution >= 4 is 16.9 Å². The largest absolute Gasteiger partial charge is 0.482 e. The van der Waals surface area contributed by atoms with Gasteiger partial charge < -0.3 is 14.5 Å². The van der Waals surface area contributed by atoms with E-state index in [1.165, 1.54) is 0 Å². The summed E-state index contributed by atoms with van der Waals surface area (Å²) in [5, 5.41) is 0.493. The van der Waals surface area contributed by atoms with E-state index in [1.807, 2.05) is 26.0 Å². The van der Waals surface area contributed by atoms with E-state index in [0.717, 1.165) is 11.1 Å². The number of carbonyl (C=O) groups is 1. The minimum absolute atomic E-state index is 0.218. The number of hydrogen-bond acceptors (Lipinski definition) is 5. The van der Waals surface area contributed by atoms with E-state index in [4.69, 9.17) is 9.47 Å². The van der Waals surface area contributed by atoms with Gasteiger partial charge in [-0.2, -0.15) is 0 Å². The summed E-state index contributed by atoms with van der Waals surface area (Å²) in [6, 6.07) is 12.6. The highest BCUT2D eigenvalue weighted by Gasteiger charge is 2.16. The van der Waals surface area contributed by atoms with Gasteiger partial charge in [-0.25, -0.2) is 9.78 Å². The zero-order valence-corrected chi connectivity index (χ0v) is 14.9. The molecular weight excluding hydrogens is 332 g/mol. The quantitative estimate of drug-likeness (QED) is 0.713. The maximum Gasteiger partial charge on any atom is 0.344 e. The van der Waals surface area contributed by atoms with Crippen LogP contribution in [0.2, 0.25) is 0 Å². The molecule has 1 N–H and O–H groups in total. The molecule has 0 saturated heterocycles. The van der Waals surface area contributed by atoms with Crippen LogP contribution in [0.1, 0.15) is 30.0 Å². The monoisotopic (exact) mass is 352 g/mol. The van der Waals surface area contributed by atoms with Crippen LogP contribution in [-0.2, 0) is 9.53 Å². The Bertz CT molecular complexity index is 1010. The lowest BCUT2D eigenvalue weighted by Crippen LogP contribution is -2.20. The summed E-state index contributed by atoms with van der Waals surface area (Å²) < 4.78 is 10.8. The number of carbonyl (C=O) groups excluding carboxylic acids is 1. The minimum atomic E-state index is -0.692. The van der Waals surface area contributed by atoms with Gasteiger partial charge in [-0.3, -0.25) is 4.79 Å². The van der Waals surface area contributed by atoms with Crippen molar-refractivity contribution in [1.29, 1.82) is 0 Å². The maximum absolute atomic E-state index is 12.1. The smallest absolute Gasteiger partial charge is 0.344 e. The molecule has 3 rings (SSSR count). The first-order chi connectivity index (χ1) is 12.4. The molecule has 6 heteroatoms. The lowest BCUT2D eigenvalue weighted by Gasteiger charge is -2.14. The molecule has 2 aromatic carbocycles. The van der Waals surface area contributed by atoms with Gasteiger partial charge >= 0.3 is 5.97 Å². The first-order valence-corrected chi connectivity index (χ1v) is 8.32. The molecule has 0 spiro atoms. The third-order valence-electron chi connectivity index (χ3n) is 4.16. The average molecular weight is 352 g/mol. The van der Waals surface area contributed by atoms with Crippen molar-refractivity contribution in [3.8, 4) is 5.75 Å². The fourth-order valence-corrected chi connectivity index (χ4v) is 2.53. The molecule has 0 unspecified atom stereocenters. The summed E-state index contributed by atoms with van der Waals surface area (Å²) in [6.45, 7) is 5.42. The van der Waals surface area contributed by atoms with Gasteiger partial charge in [-0.1, -0.05) is 18.2 Å². The second-order valence-corrected chi connectivity index (χ2v) is 6.14. The third-order valence-corrected chi connectivity index (χ3v) is 4.16. The van der Waals surface area contributed by atoms with Crippen LogP contribution in [0.15, 0.2) is 47.3 Å². The molecule has 1 aromatic heterocycles. The highest BCUT2D eigenvalue weighted by molar-refractivity contribution is 5.77. The summed E-state index contributed by atoms with van der Waals surface area (Å²) in [7, 11) is 0. The Morgan fingerprint density at radius 3 is 2.69 bits per heavy atom. The van der Waals surface area contributed by atoms with E-state index in [9.17, 15) is 9.59 Å². The number of esters is 1. The SMILES string of the molecule is Cc1ccc(OCC(=O)O[C@H](C)c2nc3ccccc3c(=O)[nH]2)cc1C. The van der Waals surface area contributed by atoms with Crippen LogP contribution in [0.5, 0.6) is 5.75 Å². The van der Waals surface area contributed by atoms with Gasteiger partial charge in [-0.05, 0) is 56.2 Å². The highest BCUT2D eigenvalue weighted by Crippen LogP contribution is 2.17. The topological polar surface area (TPSA) is 81.3 Å². The molecule has 1 heterocycles. The molecule has 6 nitrogen and oxygen atoms in total. The molecule has 3 aromatic rings. The minimum Gasteiger partial charge on any atom is -0.482 e. The number of nitrogens with zero attached hydrogens (tertiary/aromatic N) is 1. The van der Waals surface area contributed by atoms with Gasteiger partial charge in [0.1, 0.15) is 5.75 Å². The van der Waals surface area contributed by atoms with Crippen molar-refractivity contribution in [2.24, 2.45) is 0 Å². The van der Waals surface area contributed by atoms with Crippen LogP contribution in [-0.4, -0.2) is 22.5 Å². The highest BCUT2D eigenvalue weighted by atomic mass is 16.6. The van der Waals surface area contributed by atoms with Crippen LogP contribution in [0.4, 0.5) is 0 Å². The Kier molecular flexibility index (Phi) is 5.02. The van der Waals surface area contributed by atoms with Crippen LogP contribution in [0, 0.1) is 13.8 Å². The normalized spacial score (nSPS) is 12.0. The molecule has 0 fully saturated rings. The Morgan fingerprint density at radius 2 is 1.92 bits per heavy atom. The lowest BCUT2D eigenvalue weighted by molar-refractivity contribution is -0.151. The molecule has 134 valence electrons. The Labute approximate surface area is 150 Å². The second-order valence-electron chi connectivity index (χ2n) is 6.14. The summed E-state index contributed by atoms with van der Waals surface area (Å²) in [4.78, 5) is 31.1. The van der Waals surface area contributed by atoms with Crippen LogP contribution in [0.3, 0.4) is 0 Å². The molecule has 0 aliphatic rings. The van der Waals surface area contributed by atoms with Crippen molar-refractivity contribution < 1.29 is 14.3 Å². The van der Waals surface area contributed by atoms with Crippen molar-refractivity contribution in [2.45, 2.75) is 26.9 Å². The van der Waals surface area contributed by atoms with Crippen molar-refractivity contribution in [1.82, 2.24) is 9.97 Å². The van der Waals surface area contributed by atoms with E-state index in [0.29, 0.717) is 22.5 Å². The molecule has 0 amide bonds. The molecular formula is C20H20N2O4. The molecule has 1 atom stereocenters. The number of aryl methyl sites for hydroxylation is 2. The predicted octanol–water partition coefficient (Wildman–Crippen LogP) is 3.22. The summed E-state index contributed by atoms with van der Waals surface area (Å²) >= 11 is 0. The standard InChI is InChI=1S/C20H20N2O4/c1-12-8-9-15(10-13(12)2)25-11-18(23)26-14(3)19-21-17-7-5-4-6-16(17)20(24)22-19/h4-10,14H,11H2,1-3H3,(H,21,22,24)/t14-/m1/s1. The van der Waals surface area contributed by atoms with E-state index < -0.39 is 12.1 Å². The third kappa shape index (κ3) is 3.91. The van der Waals surface area contributed by atoms with Gasteiger partial charge in [0.15, 0.2) is 18.5 Å². The number of aromatic nitrogens is 2. The van der Waals surface area contributed by atoms with Gasteiger partial charge in [-0.15, -0.1) is 0 Å². The van der Waals surface area contributed by atoms with E-state index in [1.54, 1.807) is 37.3 Å². The fourth-order valence-electron chi connectivity index (χ4n) is 2.53. The molecule has 0 saturated carbocycles. The summed E-state index contributed by atoms with van der Waals surface area (Å²) in [6.07, 6.45) is -0.692. The first-order valence-electron chi connectivity index (χ1n) is 8.32. The van der Waals surface area contributed by atoms with Crippen LogP contribution in [0.25, 0.3) is 10.9 Å². The van der Waals surface area contributed by atoms with E-state index >= 15 is 0 Å². The number of para-hydroxylation sites is 1. The number of rotatable bonds is 5. The molecule has 0 aliphatic heterocycles. The fraction of sp³-hybridized carbons (Fsp3) is 0.250. The summed E-state index contributed by atoms with van der Waals surface area (Å²) in [5.41, 5.74) is 2.53. The van der Waals surface area contributed by atoms with E-state index in [2.05, 4.69) is 9.97 Å². The molecule has 0 bridgehead atoms. The zero-order valence-electron chi connectivity index (χ0n) is 14.9.